The summed E-state index contributed by atoms with van der Waals surface area (Å²) in [5.41, 5.74) is 0.138. The molecule has 0 atom stereocenters. The molecule has 22 heavy (non-hydrogen) atoms. The fourth-order valence-corrected chi connectivity index (χ4v) is 1.92. The molecule has 0 unspecified atom stereocenters. The van der Waals surface area contributed by atoms with Crippen molar-refractivity contribution in [2.45, 2.75) is 0 Å². The molecular formula is C16H8F3NO2. The summed E-state index contributed by atoms with van der Waals surface area (Å²) in [5, 5.41) is 0. The predicted molar refractivity (Wildman–Crippen MR) is 73.4 cm³/mol. The number of hydrogen-bond donors (Lipinski definition) is 0. The van der Waals surface area contributed by atoms with E-state index >= 15 is 0 Å². The molecule has 3 nitrogen and oxygen atoms in total. The van der Waals surface area contributed by atoms with Gasteiger partial charge in [0, 0.05) is 17.2 Å². The first-order valence-electron chi connectivity index (χ1n) is 6.26. The van der Waals surface area contributed by atoms with Crippen LogP contribution >= 0.6 is 0 Å². The van der Waals surface area contributed by atoms with Gasteiger partial charge in [-0.15, -0.1) is 0 Å². The summed E-state index contributed by atoms with van der Waals surface area (Å²) >= 11 is 0. The van der Waals surface area contributed by atoms with E-state index in [1.807, 2.05) is 0 Å². The van der Waals surface area contributed by atoms with Crippen molar-refractivity contribution in [3.63, 3.8) is 0 Å². The molecule has 0 radical (unpaired) electrons. The first kappa shape index (κ1) is 14.1. The highest BCUT2D eigenvalue weighted by Gasteiger charge is 2.24. The van der Waals surface area contributed by atoms with Crippen LogP contribution in [0.4, 0.5) is 13.2 Å². The lowest BCUT2D eigenvalue weighted by molar-refractivity contribution is -0.129. The molecule has 1 heterocycles. The van der Waals surface area contributed by atoms with Crippen LogP contribution in [0.1, 0.15) is 11.1 Å². The van der Waals surface area contributed by atoms with Crippen molar-refractivity contribution in [3.05, 3.63) is 76.7 Å². The average molecular weight is 303 g/mol. The SMILES string of the molecule is O=C1OC(c2cccc(F)c2)=N/C1=C\c1ccc(F)cc1F. The molecule has 0 saturated carbocycles. The van der Waals surface area contributed by atoms with Gasteiger partial charge in [0.2, 0.25) is 5.90 Å². The summed E-state index contributed by atoms with van der Waals surface area (Å²) in [6, 6.07) is 8.31. The molecule has 3 rings (SSSR count). The number of esters is 1. The summed E-state index contributed by atoms with van der Waals surface area (Å²) in [6.45, 7) is 0. The molecule has 2 aromatic carbocycles. The van der Waals surface area contributed by atoms with Gasteiger partial charge in [0.1, 0.15) is 17.5 Å². The van der Waals surface area contributed by atoms with E-state index in [1.54, 1.807) is 0 Å². The fraction of sp³-hybridized carbons (Fsp3) is 0. The van der Waals surface area contributed by atoms with Crippen LogP contribution in [0.25, 0.3) is 6.08 Å². The van der Waals surface area contributed by atoms with Gasteiger partial charge >= 0.3 is 5.97 Å². The standard InChI is InChI=1S/C16H8F3NO2/c17-11-3-1-2-10(6-11)15-20-14(16(21)22-15)7-9-4-5-12(18)8-13(9)19/h1-8H/b14-7-. The molecule has 6 heteroatoms. The van der Waals surface area contributed by atoms with Gasteiger partial charge in [0.15, 0.2) is 5.70 Å². The summed E-state index contributed by atoms with van der Waals surface area (Å²) < 4.78 is 44.5. The molecule has 0 N–H and O–H groups in total. The van der Waals surface area contributed by atoms with Crippen LogP contribution in [0.2, 0.25) is 0 Å². The Morgan fingerprint density at radius 3 is 2.50 bits per heavy atom. The number of aliphatic imine (C=N–C) groups is 1. The van der Waals surface area contributed by atoms with Crippen molar-refractivity contribution < 1.29 is 22.7 Å². The number of benzene rings is 2. The van der Waals surface area contributed by atoms with Crippen molar-refractivity contribution >= 4 is 17.9 Å². The number of carbonyl (C=O) groups excluding carboxylic acids is 1. The number of carbonyl (C=O) groups is 1. The van der Waals surface area contributed by atoms with E-state index in [-0.39, 0.29) is 22.7 Å². The first-order chi connectivity index (χ1) is 10.5. The van der Waals surface area contributed by atoms with Crippen LogP contribution < -0.4 is 0 Å². The second-order valence-electron chi connectivity index (χ2n) is 4.51. The molecule has 0 amide bonds. The maximum Gasteiger partial charge on any atom is 0.363 e. The van der Waals surface area contributed by atoms with Crippen LogP contribution in [-0.2, 0) is 9.53 Å². The lowest BCUT2D eigenvalue weighted by Gasteiger charge is -1.98. The van der Waals surface area contributed by atoms with Crippen LogP contribution in [0.3, 0.4) is 0 Å². The summed E-state index contributed by atoms with van der Waals surface area (Å²) in [5.74, 6) is -2.91. The van der Waals surface area contributed by atoms with Gasteiger partial charge in [-0.3, -0.25) is 0 Å². The van der Waals surface area contributed by atoms with Crippen LogP contribution in [0.5, 0.6) is 0 Å². The van der Waals surface area contributed by atoms with Crippen LogP contribution in [0.15, 0.2) is 53.2 Å². The highest BCUT2D eigenvalue weighted by Crippen LogP contribution is 2.21. The largest absolute Gasteiger partial charge is 0.402 e. The molecule has 0 fully saturated rings. The van der Waals surface area contributed by atoms with E-state index in [2.05, 4.69) is 4.99 Å². The zero-order chi connectivity index (χ0) is 15.7. The van der Waals surface area contributed by atoms with Gasteiger partial charge in [-0.1, -0.05) is 6.07 Å². The molecule has 0 aromatic heterocycles. The van der Waals surface area contributed by atoms with Gasteiger partial charge in [-0.25, -0.2) is 23.0 Å². The van der Waals surface area contributed by atoms with E-state index in [0.29, 0.717) is 6.07 Å². The minimum atomic E-state index is -0.824. The third-order valence-corrected chi connectivity index (χ3v) is 2.95. The van der Waals surface area contributed by atoms with Gasteiger partial charge in [0.05, 0.1) is 0 Å². The Morgan fingerprint density at radius 1 is 1.00 bits per heavy atom. The van der Waals surface area contributed by atoms with Crippen molar-refractivity contribution in [2.24, 2.45) is 4.99 Å². The Balaban J connectivity index is 1.97. The van der Waals surface area contributed by atoms with Gasteiger partial charge < -0.3 is 4.74 Å². The summed E-state index contributed by atoms with van der Waals surface area (Å²) in [7, 11) is 0. The van der Waals surface area contributed by atoms with Gasteiger partial charge in [-0.05, 0) is 36.4 Å². The molecule has 1 aliphatic rings. The molecule has 2 aromatic rings. The minimum Gasteiger partial charge on any atom is -0.402 e. The fourth-order valence-electron chi connectivity index (χ4n) is 1.92. The van der Waals surface area contributed by atoms with E-state index in [0.717, 1.165) is 18.2 Å². The first-order valence-corrected chi connectivity index (χ1v) is 6.26. The molecule has 0 saturated heterocycles. The highest BCUT2D eigenvalue weighted by atomic mass is 19.1. The number of ether oxygens (including phenoxy) is 1. The predicted octanol–water partition coefficient (Wildman–Crippen LogP) is 3.45. The number of cyclic esters (lactones) is 1. The van der Waals surface area contributed by atoms with Crippen LogP contribution in [0, 0.1) is 17.5 Å². The second kappa shape index (κ2) is 5.48. The van der Waals surface area contributed by atoms with E-state index in [9.17, 15) is 18.0 Å². The van der Waals surface area contributed by atoms with E-state index in [1.165, 1.54) is 24.3 Å². The zero-order valence-electron chi connectivity index (χ0n) is 11.0. The zero-order valence-corrected chi connectivity index (χ0v) is 11.0. The minimum absolute atomic E-state index is 0.00223. The Morgan fingerprint density at radius 2 is 1.77 bits per heavy atom. The average Bonchev–Trinajstić information content (AvgIpc) is 2.83. The number of rotatable bonds is 2. The van der Waals surface area contributed by atoms with Crippen molar-refractivity contribution in [1.82, 2.24) is 0 Å². The quantitative estimate of drug-likeness (QED) is 0.629. The van der Waals surface area contributed by atoms with E-state index < -0.39 is 23.4 Å². The van der Waals surface area contributed by atoms with Gasteiger partial charge in [-0.2, -0.15) is 0 Å². The summed E-state index contributed by atoms with van der Waals surface area (Å²) in [4.78, 5) is 15.6. The molecule has 1 aliphatic heterocycles. The highest BCUT2D eigenvalue weighted by molar-refractivity contribution is 6.12. The Bertz CT molecular complexity index is 828. The van der Waals surface area contributed by atoms with Gasteiger partial charge in [0.25, 0.3) is 0 Å². The number of hydrogen-bond acceptors (Lipinski definition) is 3. The maximum atomic E-state index is 13.6. The molecular weight excluding hydrogens is 295 g/mol. The number of nitrogens with zero attached hydrogens (tertiary/aromatic N) is 1. The topological polar surface area (TPSA) is 38.7 Å². The van der Waals surface area contributed by atoms with Crippen LogP contribution in [-0.4, -0.2) is 11.9 Å². The lowest BCUT2D eigenvalue weighted by Crippen LogP contribution is -2.05. The lowest BCUT2D eigenvalue weighted by atomic mass is 10.2. The third-order valence-electron chi connectivity index (χ3n) is 2.95. The third kappa shape index (κ3) is 2.76. The molecule has 110 valence electrons. The summed E-state index contributed by atoms with van der Waals surface area (Å²) in [6.07, 6.45) is 1.14. The Kier molecular flexibility index (Phi) is 3.50. The molecule has 0 aliphatic carbocycles. The maximum absolute atomic E-state index is 13.6. The van der Waals surface area contributed by atoms with E-state index in [4.69, 9.17) is 4.74 Å². The normalized spacial score (nSPS) is 15.9. The Labute approximate surface area is 123 Å². The van der Waals surface area contributed by atoms with Crippen molar-refractivity contribution in [1.29, 1.82) is 0 Å². The molecule has 0 bridgehead atoms. The van der Waals surface area contributed by atoms with Crippen molar-refractivity contribution in [3.8, 4) is 0 Å². The van der Waals surface area contributed by atoms with Crippen molar-refractivity contribution in [2.75, 3.05) is 0 Å². The Hall–Kier alpha value is -2.89. The molecule has 0 spiro atoms. The monoisotopic (exact) mass is 303 g/mol. The smallest absolute Gasteiger partial charge is 0.363 e. The second-order valence-corrected chi connectivity index (χ2v) is 4.51. The number of halogens is 3.